The van der Waals surface area contributed by atoms with E-state index in [1.165, 1.54) is 0 Å². The fraction of sp³-hybridized carbons (Fsp3) is 0.250. The summed E-state index contributed by atoms with van der Waals surface area (Å²) in [5.41, 5.74) is 3.92. The smallest absolute Gasteiger partial charge is 0.475 e. The highest BCUT2D eigenvalue weighted by atomic mass is 32.2. The molecule has 0 amide bonds. The number of benzene rings is 1. The predicted molar refractivity (Wildman–Crippen MR) is 127 cm³/mol. The molecule has 1 fully saturated rings. The third-order valence-electron chi connectivity index (χ3n) is 5.72. The van der Waals surface area contributed by atoms with Gasteiger partial charge >= 0.3 is 12.1 Å². The summed E-state index contributed by atoms with van der Waals surface area (Å²) in [5, 5.41) is 8.16. The van der Waals surface area contributed by atoms with Crippen LogP contribution in [0.3, 0.4) is 0 Å². The lowest BCUT2D eigenvalue weighted by atomic mass is 10.0. The number of alkyl halides is 3. The molecule has 190 valence electrons. The Labute approximate surface area is 205 Å². The fourth-order valence-electron chi connectivity index (χ4n) is 3.97. The van der Waals surface area contributed by atoms with Crippen LogP contribution in [0, 0.1) is 0 Å². The Balaban J connectivity index is 0.000000384. The van der Waals surface area contributed by atoms with Gasteiger partial charge in [0.2, 0.25) is 10.0 Å². The Kier molecular flexibility index (Phi) is 7.18. The molecule has 1 aliphatic rings. The zero-order valence-corrected chi connectivity index (χ0v) is 19.8. The van der Waals surface area contributed by atoms with Gasteiger partial charge < -0.3 is 14.7 Å². The van der Waals surface area contributed by atoms with Crippen LogP contribution in [-0.2, 0) is 21.4 Å². The first-order valence-corrected chi connectivity index (χ1v) is 12.5. The molecule has 0 bridgehead atoms. The second kappa shape index (κ2) is 10.2. The van der Waals surface area contributed by atoms with Crippen molar-refractivity contribution in [2.45, 2.75) is 30.5 Å². The monoisotopic (exact) mass is 520 g/mol. The maximum Gasteiger partial charge on any atom is 0.490 e. The number of nitrogens with zero attached hydrogens (tertiary/aromatic N) is 3. The van der Waals surface area contributed by atoms with Crippen molar-refractivity contribution in [3.63, 3.8) is 0 Å². The molecular formula is C24H23F3N4O4S. The van der Waals surface area contributed by atoms with Crippen molar-refractivity contribution in [2.75, 3.05) is 13.1 Å². The Morgan fingerprint density at radius 2 is 1.67 bits per heavy atom. The molecule has 0 aliphatic carbocycles. The summed E-state index contributed by atoms with van der Waals surface area (Å²) in [7, 11) is -3.39. The lowest BCUT2D eigenvalue weighted by molar-refractivity contribution is -0.192. The number of aromatic nitrogens is 3. The zero-order chi connectivity index (χ0) is 25.9. The highest BCUT2D eigenvalue weighted by Gasteiger charge is 2.38. The van der Waals surface area contributed by atoms with Gasteiger partial charge in [0.25, 0.3) is 0 Å². The van der Waals surface area contributed by atoms with Gasteiger partial charge in [0.15, 0.2) is 0 Å². The summed E-state index contributed by atoms with van der Waals surface area (Å²) in [6.07, 6.45) is 2.62. The molecule has 36 heavy (non-hydrogen) atoms. The number of hydrogen-bond acceptors (Lipinski definition) is 4. The first-order valence-electron chi connectivity index (χ1n) is 11.0. The molecule has 0 spiro atoms. The minimum absolute atomic E-state index is 0.357. The van der Waals surface area contributed by atoms with Gasteiger partial charge in [0.05, 0.1) is 11.4 Å². The van der Waals surface area contributed by atoms with Crippen molar-refractivity contribution >= 4 is 27.0 Å². The predicted octanol–water partition coefficient (Wildman–Crippen LogP) is 4.50. The van der Waals surface area contributed by atoms with E-state index in [0.717, 1.165) is 47.2 Å². The van der Waals surface area contributed by atoms with Crippen LogP contribution in [0.15, 0.2) is 72.0 Å². The van der Waals surface area contributed by atoms with Gasteiger partial charge in [0.1, 0.15) is 5.65 Å². The number of halogens is 3. The molecule has 4 aromatic rings. The van der Waals surface area contributed by atoms with E-state index < -0.39 is 22.2 Å². The molecule has 0 unspecified atom stereocenters. The minimum Gasteiger partial charge on any atom is -0.475 e. The van der Waals surface area contributed by atoms with Crippen LogP contribution < -0.4 is 0 Å². The number of fused-ring (bicyclic) bond motifs is 1. The van der Waals surface area contributed by atoms with Crippen LogP contribution >= 0.6 is 0 Å². The van der Waals surface area contributed by atoms with Crippen LogP contribution in [0.4, 0.5) is 13.2 Å². The van der Waals surface area contributed by atoms with Gasteiger partial charge in [-0.25, -0.2) is 18.2 Å². The Morgan fingerprint density at radius 1 is 1.06 bits per heavy atom. The summed E-state index contributed by atoms with van der Waals surface area (Å²) < 4.78 is 60.9. The average Bonchev–Trinajstić information content (AvgIpc) is 3.60. The second-order valence-electron chi connectivity index (χ2n) is 8.21. The van der Waals surface area contributed by atoms with Gasteiger partial charge in [-0.1, -0.05) is 12.1 Å². The van der Waals surface area contributed by atoms with E-state index in [9.17, 15) is 21.6 Å². The number of hydrogen-bond donors (Lipinski definition) is 2. The number of aromatic amines is 1. The van der Waals surface area contributed by atoms with Crippen molar-refractivity contribution in [1.82, 2.24) is 18.8 Å². The molecule has 3 aromatic heterocycles. The number of pyridine rings is 1. The molecule has 1 saturated heterocycles. The normalized spacial score (nSPS) is 14.5. The number of carbonyl (C=O) groups is 1. The molecule has 1 aliphatic heterocycles. The van der Waals surface area contributed by atoms with E-state index in [4.69, 9.17) is 9.90 Å². The Hall–Kier alpha value is -3.64. The number of nitrogens with one attached hydrogen (secondary N) is 1. The summed E-state index contributed by atoms with van der Waals surface area (Å²) in [6.45, 7) is 1.97. The maximum atomic E-state index is 12.8. The largest absolute Gasteiger partial charge is 0.490 e. The highest BCUT2D eigenvalue weighted by molar-refractivity contribution is 7.89. The second-order valence-corrected chi connectivity index (χ2v) is 10.1. The average molecular weight is 521 g/mol. The first-order chi connectivity index (χ1) is 17.1. The lowest BCUT2D eigenvalue weighted by Crippen LogP contribution is -2.27. The van der Waals surface area contributed by atoms with Crippen molar-refractivity contribution in [1.29, 1.82) is 0 Å². The molecule has 4 heterocycles. The van der Waals surface area contributed by atoms with Crippen LogP contribution in [0.25, 0.3) is 22.2 Å². The van der Waals surface area contributed by atoms with Crippen LogP contribution in [0.2, 0.25) is 0 Å². The van der Waals surface area contributed by atoms with Gasteiger partial charge in [-0.2, -0.15) is 17.5 Å². The molecule has 0 saturated carbocycles. The minimum atomic E-state index is -5.08. The first kappa shape index (κ1) is 25.5. The third-order valence-corrected chi connectivity index (χ3v) is 7.63. The number of H-pyrrole nitrogens is 1. The highest BCUT2D eigenvalue weighted by Crippen LogP contribution is 2.30. The summed E-state index contributed by atoms with van der Waals surface area (Å²) in [4.78, 5) is 17.1. The van der Waals surface area contributed by atoms with Crippen LogP contribution in [-0.4, -0.2) is 57.6 Å². The number of aliphatic carboxylic acids is 1. The van der Waals surface area contributed by atoms with Crippen molar-refractivity contribution in [3.05, 3.63) is 72.8 Å². The maximum absolute atomic E-state index is 12.8. The quantitative estimate of drug-likeness (QED) is 0.403. The van der Waals surface area contributed by atoms with Gasteiger partial charge in [-0.05, 0) is 60.4 Å². The lowest BCUT2D eigenvalue weighted by Gasteiger charge is -2.15. The molecule has 2 N–H and O–H groups in total. The SMILES string of the molecule is O=C(O)C(F)(F)F.O=S(=O)(c1ccc(-c2ccnc3[nH]c(Cn4cccc4)cc23)cc1)N1CCCC1. The van der Waals surface area contributed by atoms with Crippen LogP contribution in [0.5, 0.6) is 0 Å². The standard InChI is InChI=1S/C22H22N4O2S.C2HF3O2/c27-29(28,26-13-3-4-14-26)19-7-5-17(6-8-19)20-9-10-23-22-21(20)15-18(24-22)16-25-11-1-2-12-25;3-2(4,5)1(6)7/h1-2,5-12,15H,3-4,13-14,16H2,(H,23,24);(H,6,7). The molecule has 0 atom stereocenters. The number of carboxylic acids is 1. The van der Waals surface area contributed by atoms with E-state index in [0.29, 0.717) is 18.0 Å². The Morgan fingerprint density at radius 3 is 2.25 bits per heavy atom. The molecule has 8 nitrogen and oxygen atoms in total. The van der Waals surface area contributed by atoms with Crippen LogP contribution in [0.1, 0.15) is 18.5 Å². The van der Waals surface area contributed by atoms with Crippen molar-refractivity contribution in [2.24, 2.45) is 0 Å². The van der Waals surface area contributed by atoms with Gasteiger partial charge in [-0.15, -0.1) is 0 Å². The molecule has 12 heteroatoms. The molecular weight excluding hydrogens is 497 g/mol. The van der Waals surface area contributed by atoms with E-state index in [1.807, 2.05) is 42.7 Å². The van der Waals surface area contributed by atoms with Crippen molar-refractivity contribution in [3.8, 4) is 11.1 Å². The summed E-state index contributed by atoms with van der Waals surface area (Å²) >= 11 is 0. The number of rotatable bonds is 5. The summed E-state index contributed by atoms with van der Waals surface area (Å²) in [5.74, 6) is -2.76. The molecule has 5 rings (SSSR count). The molecule has 1 aromatic carbocycles. The van der Waals surface area contributed by atoms with Gasteiger partial charge in [0, 0.05) is 42.8 Å². The van der Waals surface area contributed by atoms with E-state index in [2.05, 4.69) is 20.6 Å². The van der Waals surface area contributed by atoms with Gasteiger partial charge in [-0.3, -0.25) is 0 Å². The third kappa shape index (κ3) is 5.60. The van der Waals surface area contributed by atoms with Crippen molar-refractivity contribution < 1.29 is 31.5 Å². The fourth-order valence-corrected chi connectivity index (χ4v) is 5.49. The number of carboxylic acid groups (broad SMARTS) is 1. The summed E-state index contributed by atoms with van der Waals surface area (Å²) in [6, 6.07) is 15.3. The Bertz CT molecular complexity index is 1440. The molecule has 0 radical (unpaired) electrons. The topological polar surface area (TPSA) is 108 Å². The van der Waals surface area contributed by atoms with E-state index in [-0.39, 0.29) is 0 Å². The van der Waals surface area contributed by atoms with E-state index >= 15 is 0 Å². The number of sulfonamides is 1. The zero-order valence-electron chi connectivity index (χ0n) is 18.9. The van der Waals surface area contributed by atoms with E-state index in [1.54, 1.807) is 22.6 Å².